The number of likely N-dealkylation sites (tertiary alicyclic amines) is 1. The normalized spacial score (nSPS) is 17.7. The van der Waals surface area contributed by atoms with E-state index in [2.05, 4.69) is 5.32 Å². The molecule has 0 radical (unpaired) electrons. The maximum Gasteiger partial charge on any atom is 0.291 e. The number of rotatable bonds is 3. The Hall–Kier alpha value is -2.89. The Morgan fingerprint density at radius 3 is 2.47 bits per heavy atom. The van der Waals surface area contributed by atoms with Crippen LogP contribution < -0.4 is 5.32 Å². The first-order chi connectivity index (χ1) is 14.2. The van der Waals surface area contributed by atoms with Crippen LogP contribution in [0.25, 0.3) is 0 Å². The van der Waals surface area contributed by atoms with Crippen LogP contribution in [0.3, 0.4) is 0 Å². The molecule has 0 saturated carbocycles. The van der Waals surface area contributed by atoms with E-state index in [4.69, 9.17) is 4.42 Å². The van der Waals surface area contributed by atoms with Crippen LogP contribution in [0.15, 0.2) is 22.6 Å². The summed E-state index contributed by atoms with van der Waals surface area (Å²) in [6, 6.07) is 5.35. The number of carbonyl (C=O) groups excluding carboxylic acids is 3. The molecule has 1 N–H and O–H groups in total. The minimum Gasteiger partial charge on any atom is -0.455 e. The van der Waals surface area contributed by atoms with Crippen LogP contribution in [0.2, 0.25) is 0 Å². The van der Waals surface area contributed by atoms with Crippen LogP contribution >= 0.6 is 0 Å². The number of benzene rings is 1. The van der Waals surface area contributed by atoms with E-state index in [0.717, 1.165) is 31.5 Å². The van der Waals surface area contributed by atoms with Crippen LogP contribution in [-0.2, 0) is 6.42 Å². The van der Waals surface area contributed by atoms with Crippen molar-refractivity contribution in [3.05, 3.63) is 52.0 Å². The third kappa shape index (κ3) is 3.55. The Kier molecular flexibility index (Phi) is 5.04. The second kappa shape index (κ2) is 7.42. The number of amides is 2. The molecule has 6 nitrogen and oxygen atoms in total. The van der Waals surface area contributed by atoms with E-state index in [1.807, 2.05) is 25.7 Å². The highest BCUT2D eigenvalue weighted by molar-refractivity contribution is 6.08. The molecule has 1 aliphatic heterocycles. The average molecular weight is 408 g/mol. The minimum absolute atomic E-state index is 0.00132. The van der Waals surface area contributed by atoms with Crippen LogP contribution in [0.1, 0.15) is 81.3 Å². The summed E-state index contributed by atoms with van der Waals surface area (Å²) >= 11 is 0. The summed E-state index contributed by atoms with van der Waals surface area (Å²) in [5, 5.41) is 2.88. The van der Waals surface area contributed by atoms with Crippen LogP contribution in [0, 0.1) is 19.3 Å². The molecular weight excluding hydrogens is 380 g/mol. The molecule has 4 rings (SSSR count). The van der Waals surface area contributed by atoms with Crippen molar-refractivity contribution >= 4 is 23.3 Å². The molecule has 2 heterocycles. The van der Waals surface area contributed by atoms with Crippen molar-refractivity contribution in [1.29, 1.82) is 0 Å². The number of nitrogens with one attached hydrogen (secondary N) is 1. The van der Waals surface area contributed by atoms with Crippen molar-refractivity contribution in [2.24, 2.45) is 5.41 Å². The van der Waals surface area contributed by atoms with Gasteiger partial charge in [-0.3, -0.25) is 14.4 Å². The van der Waals surface area contributed by atoms with Gasteiger partial charge in [0.05, 0.1) is 5.56 Å². The monoisotopic (exact) mass is 408 g/mol. The SMILES string of the molecule is Cc1c(NC(=O)c2oc3c(c2C)C(=O)CC(C)(C)C3)cccc1C(=O)N1CCCC1. The summed E-state index contributed by atoms with van der Waals surface area (Å²) in [5.74, 6) is 0.381. The van der Waals surface area contributed by atoms with Gasteiger partial charge in [-0.1, -0.05) is 19.9 Å². The van der Waals surface area contributed by atoms with Crippen LogP contribution in [0.4, 0.5) is 5.69 Å². The zero-order valence-corrected chi connectivity index (χ0v) is 18.1. The van der Waals surface area contributed by atoms with Crippen molar-refractivity contribution in [3.63, 3.8) is 0 Å². The molecule has 0 atom stereocenters. The van der Waals surface area contributed by atoms with E-state index in [1.165, 1.54) is 0 Å². The lowest BCUT2D eigenvalue weighted by molar-refractivity contribution is 0.0791. The first-order valence-electron chi connectivity index (χ1n) is 10.5. The maximum atomic E-state index is 13.0. The number of anilines is 1. The van der Waals surface area contributed by atoms with E-state index in [0.29, 0.717) is 41.0 Å². The van der Waals surface area contributed by atoms with Gasteiger partial charge in [0.25, 0.3) is 11.8 Å². The average Bonchev–Trinajstić information content (AvgIpc) is 3.30. The molecule has 2 aromatic rings. The van der Waals surface area contributed by atoms with Gasteiger partial charge in [0.15, 0.2) is 11.5 Å². The third-order valence-corrected chi connectivity index (χ3v) is 6.19. The van der Waals surface area contributed by atoms with Gasteiger partial charge in [-0.05, 0) is 49.8 Å². The van der Waals surface area contributed by atoms with Crippen molar-refractivity contribution in [2.75, 3.05) is 18.4 Å². The van der Waals surface area contributed by atoms with Crippen molar-refractivity contribution in [1.82, 2.24) is 4.90 Å². The Labute approximate surface area is 176 Å². The highest BCUT2D eigenvalue weighted by atomic mass is 16.4. The molecule has 0 spiro atoms. The highest BCUT2D eigenvalue weighted by Crippen LogP contribution is 2.38. The summed E-state index contributed by atoms with van der Waals surface area (Å²) in [5.41, 5.74) is 2.86. The van der Waals surface area contributed by atoms with Crippen molar-refractivity contribution < 1.29 is 18.8 Å². The predicted molar refractivity (Wildman–Crippen MR) is 114 cm³/mol. The molecule has 6 heteroatoms. The van der Waals surface area contributed by atoms with Crippen molar-refractivity contribution in [2.45, 2.75) is 53.4 Å². The molecule has 158 valence electrons. The molecule has 2 aliphatic rings. The van der Waals surface area contributed by atoms with Crippen molar-refractivity contribution in [3.8, 4) is 0 Å². The maximum absolute atomic E-state index is 13.0. The molecule has 1 saturated heterocycles. The number of ketones is 1. The summed E-state index contributed by atoms with van der Waals surface area (Å²) in [7, 11) is 0. The fourth-order valence-corrected chi connectivity index (χ4v) is 4.57. The number of nitrogens with zero attached hydrogens (tertiary/aromatic N) is 1. The van der Waals surface area contributed by atoms with Gasteiger partial charge < -0.3 is 14.6 Å². The lowest BCUT2D eigenvalue weighted by atomic mass is 9.76. The topological polar surface area (TPSA) is 79.6 Å². The number of hydrogen-bond acceptors (Lipinski definition) is 4. The predicted octanol–water partition coefficient (Wildman–Crippen LogP) is 4.54. The molecule has 0 unspecified atom stereocenters. The van der Waals surface area contributed by atoms with Gasteiger partial charge in [-0.15, -0.1) is 0 Å². The standard InChI is InChI=1S/C24H28N2O4/c1-14-16(23(29)26-10-5-6-11-26)8-7-9-17(14)25-22(28)21-15(2)20-18(27)12-24(3,4)13-19(20)30-21/h7-9H,5-6,10-13H2,1-4H3,(H,25,28). The molecule has 0 bridgehead atoms. The fraction of sp³-hybridized carbons (Fsp3) is 0.458. The largest absolute Gasteiger partial charge is 0.455 e. The summed E-state index contributed by atoms with van der Waals surface area (Å²) in [6.45, 7) is 9.20. The van der Waals surface area contributed by atoms with Gasteiger partial charge in [0.1, 0.15) is 5.76 Å². The number of fused-ring (bicyclic) bond motifs is 1. The summed E-state index contributed by atoms with van der Waals surface area (Å²) in [6.07, 6.45) is 3.13. The zero-order valence-electron chi connectivity index (χ0n) is 18.1. The molecule has 2 amide bonds. The lowest BCUT2D eigenvalue weighted by Gasteiger charge is -2.27. The number of carbonyl (C=O) groups is 3. The van der Waals surface area contributed by atoms with E-state index >= 15 is 0 Å². The third-order valence-electron chi connectivity index (χ3n) is 6.19. The zero-order chi connectivity index (χ0) is 21.6. The lowest BCUT2D eigenvalue weighted by Crippen LogP contribution is -2.28. The molecule has 1 fully saturated rings. The van der Waals surface area contributed by atoms with Gasteiger partial charge in [-0.2, -0.15) is 0 Å². The number of furan rings is 1. The number of Topliss-reactive ketones (excluding diaryl/α,β-unsaturated/α-hetero) is 1. The molecule has 1 aromatic heterocycles. The second-order valence-corrected chi connectivity index (χ2v) is 9.23. The van der Waals surface area contributed by atoms with Gasteiger partial charge in [0.2, 0.25) is 0 Å². The second-order valence-electron chi connectivity index (χ2n) is 9.23. The Morgan fingerprint density at radius 1 is 1.07 bits per heavy atom. The van der Waals surface area contributed by atoms with E-state index < -0.39 is 5.91 Å². The first-order valence-corrected chi connectivity index (χ1v) is 10.5. The quantitative estimate of drug-likeness (QED) is 0.809. The van der Waals surface area contributed by atoms with Crippen LogP contribution in [-0.4, -0.2) is 35.6 Å². The Balaban J connectivity index is 1.60. The smallest absolute Gasteiger partial charge is 0.291 e. The molecule has 1 aliphatic carbocycles. The fourth-order valence-electron chi connectivity index (χ4n) is 4.57. The highest BCUT2D eigenvalue weighted by Gasteiger charge is 2.37. The van der Waals surface area contributed by atoms with E-state index in [9.17, 15) is 14.4 Å². The van der Waals surface area contributed by atoms with Gasteiger partial charge in [-0.25, -0.2) is 0 Å². The Bertz CT molecular complexity index is 1040. The minimum atomic E-state index is -0.402. The summed E-state index contributed by atoms with van der Waals surface area (Å²) < 4.78 is 5.87. The molecule has 1 aromatic carbocycles. The van der Waals surface area contributed by atoms with E-state index in [-0.39, 0.29) is 22.9 Å². The van der Waals surface area contributed by atoms with Gasteiger partial charge >= 0.3 is 0 Å². The van der Waals surface area contributed by atoms with E-state index in [1.54, 1.807) is 25.1 Å². The molecular formula is C24H28N2O4. The number of hydrogen-bond donors (Lipinski definition) is 1. The Morgan fingerprint density at radius 2 is 1.77 bits per heavy atom. The first kappa shape index (κ1) is 20.4. The van der Waals surface area contributed by atoms with Gasteiger partial charge in [0, 0.05) is 42.7 Å². The molecule has 30 heavy (non-hydrogen) atoms. The summed E-state index contributed by atoms with van der Waals surface area (Å²) in [4.78, 5) is 40.3. The van der Waals surface area contributed by atoms with Crippen LogP contribution in [0.5, 0.6) is 0 Å².